The summed E-state index contributed by atoms with van der Waals surface area (Å²) in [6.45, 7) is 0.573. The van der Waals surface area contributed by atoms with Gasteiger partial charge in [0.2, 0.25) is 11.8 Å². The number of furan rings is 2. The number of rotatable bonds is 4. The average molecular weight is 345 g/mol. The van der Waals surface area contributed by atoms with Gasteiger partial charge >= 0.3 is 0 Å². The zero-order valence-electron chi connectivity index (χ0n) is 14.0. The summed E-state index contributed by atoms with van der Waals surface area (Å²) in [6, 6.07) is 15.4. The number of para-hydroxylation sites is 1. The van der Waals surface area contributed by atoms with Gasteiger partial charge in [-0.2, -0.15) is 0 Å². The molecule has 0 aliphatic heterocycles. The van der Waals surface area contributed by atoms with Gasteiger partial charge in [-0.3, -0.25) is 0 Å². The number of nitrogens with zero attached hydrogens (tertiary/aromatic N) is 5. The van der Waals surface area contributed by atoms with Crippen molar-refractivity contribution in [2.75, 3.05) is 11.9 Å². The van der Waals surface area contributed by atoms with Gasteiger partial charge in [0, 0.05) is 12.4 Å². The molecule has 0 fully saturated rings. The molecule has 4 aromatic heterocycles. The van der Waals surface area contributed by atoms with E-state index >= 15 is 0 Å². The van der Waals surface area contributed by atoms with Gasteiger partial charge in [0.25, 0.3) is 0 Å². The van der Waals surface area contributed by atoms with E-state index in [2.05, 4.69) is 10.2 Å². The molecule has 1 aromatic carbocycles. The molecule has 7 nitrogen and oxygen atoms in total. The van der Waals surface area contributed by atoms with Crippen LogP contribution in [0.2, 0.25) is 0 Å². The number of benzene rings is 1. The van der Waals surface area contributed by atoms with Gasteiger partial charge in [-0.05, 0) is 36.4 Å². The molecule has 0 saturated carbocycles. The average Bonchev–Trinajstić information content (AvgIpc) is 3.41. The lowest BCUT2D eigenvalue weighted by Crippen LogP contribution is -2.21. The SMILES string of the molecule is CN(Cc1ccco1)c1nc2ccccc2c2nnc(-c3ccco3)n12. The highest BCUT2D eigenvalue weighted by molar-refractivity contribution is 5.93. The van der Waals surface area contributed by atoms with Gasteiger partial charge in [-0.1, -0.05) is 12.1 Å². The summed E-state index contributed by atoms with van der Waals surface area (Å²) in [5, 5.41) is 9.70. The predicted octanol–water partition coefficient (Wildman–Crippen LogP) is 3.77. The first-order valence-electron chi connectivity index (χ1n) is 8.22. The van der Waals surface area contributed by atoms with Crippen molar-refractivity contribution in [3.8, 4) is 11.6 Å². The first kappa shape index (κ1) is 14.7. The summed E-state index contributed by atoms with van der Waals surface area (Å²) < 4.78 is 13.0. The highest BCUT2D eigenvalue weighted by Gasteiger charge is 2.20. The first-order valence-corrected chi connectivity index (χ1v) is 8.22. The molecule has 128 valence electrons. The molecular weight excluding hydrogens is 330 g/mol. The molecule has 4 heterocycles. The summed E-state index contributed by atoms with van der Waals surface area (Å²) in [5.41, 5.74) is 1.60. The van der Waals surface area contributed by atoms with Crippen molar-refractivity contribution in [3.05, 3.63) is 66.8 Å². The molecule has 0 bridgehead atoms. The van der Waals surface area contributed by atoms with Crippen LogP contribution in [-0.2, 0) is 6.54 Å². The maximum atomic E-state index is 5.55. The highest BCUT2D eigenvalue weighted by Crippen LogP contribution is 2.28. The molecule has 7 heteroatoms. The van der Waals surface area contributed by atoms with Crippen LogP contribution >= 0.6 is 0 Å². The van der Waals surface area contributed by atoms with Gasteiger partial charge in [0.15, 0.2) is 11.4 Å². The molecule has 0 aliphatic rings. The van der Waals surface area contributed by atoms with Gasteiger partial charge in [-0.25, -0.2) is 9.38 Å². The minimum Gasteiger partial charge on any atom is -0.467 e. The fourth-order valence-electron chi connectivity index (χ4n) is 3.09. The van der Waals surface area contributed by atoms with Crippen LogP contribution in [0.15, 0.2) is 69.9 Å². The number of fused-ring (bicyclic) bond motifs is 3. The molecule has 0 unspecified atom stereocenters. The lowest BCUT2D eigenvalue weighted by atomic mass is 10.2. The Hall–Kier alpha value is -3.61. The van der Waals surface area contributed by atoms with Crippen molar-refractivity contribution in [1.29, 1.82) is 0 Å². The molecular formula is C19H15N5O2. The minimum atomic E-state index is 0.573. The van der Waals surface area contributed by atoms with E-state index in [0.29, 0.717) is 24.1 Å². The van der Waals surface area contributed by atoms with Crippen molar-refractivity contribution in [2.45, 2.75) is 6.54 Å². The second-order valence-electron chi connectivity index (χ2n) is 6.02. The quantitative estimate of drug-likeness (QED) is 0.494. The highest BCUT2D eigenvalue weighted by atomic mass is 16.3. The van der Waals surface area contributed by atoms with Crippen molar-refractivity contribution < 1.29 is 8.83 Å². The fourth-order valence-corrected chi connectivity index (χ4v) is 3.09. The van der Waals surface area contributed by atoms with Crippen molar-refractivity contribution in [1.82, 2.24) is 19.6 Å². The van der Waals surface area contributed by atoms with E-state index < -0.39 is 0 Å². The molecule has 0 atom stereocenters. The molecule has 0 radical (unpaired) electrons. The van der Waals surface area contributed by atoms with Crippen LogP contribution in [-0.4, -0.2) is 26.6 Å². The van der Waals surface area contributed by atoms with Crippen LogP contribution < -0.4 is 4.90 Å². The Bertz CT molecular complexity index is 1180. The molecule has 26 heavy (non-hydrogen) atoms. The Labute approximate surface area is 148 Å². The lowest BCUT2D eigenvalue weighted by molar-refractivity contribution is 0.506. The van der Waals surface area contributed by atoms with Crippen LogP contribution in [0, 0.1) is 0 Å². The van der Waals surface area contributed by atoms with E-state index in [1.807, 2.05) is 64.9 Å². The second-order valence-corrected chi connectivity index (χ2v) is 6.02. The zero-order chi connectivity index (χ0) is 17.5. The van der Waals surface area contributed by atoms with Crippen molar-refractivity contribution >= 4 is 22.5 Å². The molecule has 0 spiro atoms. The summed E-state index contributed by atoms with van der Waals surface area (Å²) in [5.74, 6) is 2.82. The monoisotopic (exact) mass is 345 g/mol. The third kappa shape index (κ3) is 2.25. The van der Waals surface area contributed by atoms with E-state index in [-0.39, 0.29) is 0 Å². The molecule has 5 aromatic rings. The van der Waals surface area contributed by atoms with Gasteiger partial charge in [0.1, 0.15) is 5.76 Å². The lowest BCUT2D eigenvalue weighted by Gasteiger charge is -2.19. The molecule has 0 amide bonds. The maximum absolute atomic E-state index is 5.55. The number of aromatic nitrogens is 4. The third-order valence-electron chi connectivity index (χ3n) is 4.28. The minimum absolute atomic E-state index is 0.573. The first-order chi connectivity index (χ1) is 12.8. The van der Waals surface area contributed by atoms with Crippen molar-refractivity contribution in [2.24, 2.45) is 0 Å². The smallest absolute Gasteiger partial charge is 0.213 e. The van der Waals surface area contributed by atoms with E-state index in [1.165, 1.54) is 0 Å². The van der Waals surface area contributed by atoms with E-state index in [4.69, 9.17) is 13.8 Å². The number of anilines is 1. The van der Waals surface area contributed by atoms with Crippen LogP contribution in [0.1, 0.15) is 5.76 Å². The van der Waals surface area contributed by atoms with Gasteiger partial charge in [-0.15, -0.1) is 10.2 Å². The van der Waals surface area contributed by atoms with Crippen LogP contribution in [0.25, 0.3) is 28.1 Å². The van der Waals surface area contributed by atoms with Crippen LogP contribution in [0.3, 0.4) is 0 Å². The Balaban J connectivity index is 1.77. The van der Waals surface area contributed by atoms with Crippen LogP contribution in [0.4, 0.5) is 5.95 Å². The number of hydrogen-bond donors (Lipinski definition) is 0. The zero-order valence-corrected chi connectivity index (χ0v) is 14.0. The van der Waals surface area contributed by atoms with Crippen molar-refractivity contribution in [3.63, 3.8) is 0 Å². The normalized spacial score (nSPS) is 11.4. The maximum Gasteiger partial charge on any atom is 0.213 e. The summed E-state index contributed by atoms with van der Waals surface area (Å²) >= 11 is 0. The van der Waals surface area contributed by atoms with E-state index in [0.717, 1.165) is 22.3 Å². The van der Waals surface area contributed by atoms with E-state index in [9.17, 15) is 0 Å². The molecule has 0 aliphatic carbocycles. The Morgan fingerprint density at radius 3 is 2.62 bits per heavy atom. The largest absolute Gasteiger partial charge is 0.467 e. The van der Waals surface area contributed by atoms with Gasteiger partial charge < -0.3 is 13.7 Å². The fraction of sp³-hybridized carbons (Fsp3) is 0.105. The molecule has 0 N–H and O–H groups in total. The topological polar surface area (TPSA) is 72.6 Å². The Morgan fingerprint density at radius 2 is 1.81 bits per heavy atom. The standard InChI is InChI=1S/C19H15N5O2/c1-23(12-13-6-4-10-25-13)19-20-15-8-3-2-7-14(15)17-21-22-18(24(17)19)16-9-5-11-26-16/h2-11H,12H2,1H3. The van der Waals surface area contributed by atoms with E-state index in [1.54, 1.807) is 12.5 Å². The summed E-state index contributed by atoms with van der Waals surface area (Å²) in [7, 11) is 1.96. The summed E-state index contributed by atoms with van der Waals surface area (Å²) in [6.07, 6.45) is 3.29. The number of hydrogen-bond acceptors (Lipinski definition) is 6. The molecule has 0 saturated heterocycles. The second kappa shape index (κ2) is 5.73. The van der Waals surface area contributed by atoms with Crippen LogP contribution in [0.5, 0.6) is 0 Å². The summed E-state index contributed by atoms with van der Waals surface area (Å²) in [4.78, 5) is 6.86. The van der Waals surface area contributed by atoms with Gasteiger partial charge in [0.05, 0.1) is 24.6 Å². The Kier molecular flexibility index (Phi) is 3.24. The predicted molar refractivity (Wildman–Crippen MR) is 96.8 cm³/mol. The molecule has 5 rings (SSSR count). The third-order valence-corrected chi connectivity index (χ3v) is 4.28. The Morgan fingerprint density at radius 1 is 0.962 bits per heavy atom.